The molecule has 5 heteroatoms. The molecule has 0 saturated carbocycles. The van der Waals surface area contributed by atoms with Gasteiger partial charge < -0.3 is 9.47 Å². The highest BCUT2D eigenvalue weighted by Gasteiger charge is 2.50. The van der Waals surface area contributed by atoms with Crippen LogP contribution in [0.2, 0.25) is 0 Å². The average Bonchev–Trinajstić information content (AvgIpc) is 3.04. The Morgan fingerprint density at radius 2 is 1.59 bits per heavy atom. The monoisotopic (exact) mass is 365 g/mol. The second-order valence-electron chi connectivity index (χ2n) is 6.70. The summed E-state index contributed by atoms with van der Waals surface area (Å²) in [5.41, 5.74) is 1.55. The zero-order valence-corrected chi connectivity index (χ0v) is 15.6. The van der Waals surface area contributed by atoms with Crippen molar-refractivity contribution in [2.75, 3.05) is 13.7 Å². The maximum Gasteiger partial charge on any atom is 0.411 e. The molecule has 0 aliphatic carbocycles. The summed E-state index contributed by atoms with van der Waals surface area (Å²) in [6.07, 6.45) is 1.61. The van der Waals surface area contributed by atoms with Crippen molar-refractivity contribution in [3.63, 3.8) is 0 Å². The summed E-state index contributed by atoms with van der Waals surface area (Å²) < 4.78 is 10.6. The molecule has 0 unspecified atom stereocenters. The van der Waals surface area contributed by atoms with E-state index in [-0.39, 0.29) is 6.61 Å². The minimum absolute atomic E-state index is 0.151. The van der Waals surface area contributed by atoms with Gasteiger partial charge in [0.2, 0.25) is 0 Å². The van der Waals surface area contributed by atoms with Crippen LogP contribution in [0.4, 0.5) is 4.79 Å². The molecule has 0 saturated heterocycles. The number of carbonyl (C=O) groups is 2. The molecule has 0 bridgehead atoms. The molecule has 5 nitrogen and oxygen atoms in total. The van der Waals surface area contributed by atoms with Crippen molar-refractivity contribution in [1.29, 1.82) is 0 Å². The number of rotatable bonds is 5. The van der Waals surface area contributed by atoms with Crippen molar-refractivity contribution < 1.29 is 19.1 Å². The van der Waals surface area contributed by atoms with Crippen LogP contribution < -0.4 is 0 Å². The second-order valence-corrected chi connectivity index (χ2v) is 6.70. The molecule has 2 aromatic rings. The predicted octanol–water partition coefficient (Wildman–Crippen LogP) is 3.74. The molecule has 1 aliphatic rings. The van der Waals surface area contributed by atoms with Gasteiger partial charge in [0.1, 0.15) is 6.61 Å². The number of benzene rings is 2. The normalized spacial score (nSPS) is 18.7. The fraction of sp³-hybridized carbons (Fsp3) is 0.273. The molecule has 2 aromatic carbocycles. The van der Waals surface area contributed by atoms with Crippen molar-refractivity contribution >= 4 is 12.1 Å². The van der Waals surface area contributed by atoms with Crippen molar-refractivity contribution in [1.82, 2.24) is 4.90 Å². The highest BCUT2D eigenvalue weighted by atomic mass is 16.6. The van der Waals surface area contributed by atoms with E-state index in [0.717, 1.165) is 16.7 Å². The summed E-state index contributed by atoms with van der Waals surface area (Å²) in [4.78, 5) is 27.1. The van der Waals surface area contributed by atoms with Crippen LogP contribution in [0.25, 0.3) is 0 Å². The third-order valence-corrected chi connectivity index (χ3v) is 4.66. The number of methoxy groups -OCH3 is 1. The lowest BCUT2D eigenvalue weighted by atomic mass is 9.90. The summed E-state index contributed by atoms with van der Waals surface area (Å²) in [7, 11) is 1.34. The first-order chi connectivity index (χ1) is 13.0. The Balaban J connectivity index is 1.85. The molecule has 1 aliphatic heterocycles. The Hall–Kier alpha value is -3.08. The summed E-state index contributed by atoms with van der Waals surface area (Å²) in [6.45, 7) is 2.38. The Labute approximate surface area is 159 Å². The number of hydrogen-bond donors (Lipinski definition) is 0. The number of carbonyl (C=O) groups excluding carboxylic acids is 2. The van der Waals surface area contributed by atoms with E-state index in [9.17, 15) is 9.59 Å². The van der Waals surface area contributed by atoms with E-state index in [0.29, 0.717) is 13.0 Å². The maximum atomic E-state index is 12.9. The standard InChI is InChI=1S/C22H23NO4/c1-17-13-22(20(24)26-2,14-18-9-5-3-6-10-18)23(15-17)21(25)27-16-19-11-7-4-8-12-19/h3-13H,14-16H2,1-2H3/t22-/m0/s1. The molecule has 1 atom stereocenters. The fourth-order valence-corrected chi connectivity index (χ4v) is 3.42. The first-order valence-corrected chi connectivity index (χ1v) is 8.84. The molecule has 0 radical (unpaired) electrons. The molecule has 1 amide bonds. The highest BCUT2D eigenvalue weighted by Crippen LogP contribution is 2.33. The third-order valence-electron chi connectivity index (χ3n) is 4.66. The van der Waals surface area contributed by atoms with E-state index in [2.05, 4.69) is 0 Å². The summed E-state index contributed by atoms with van der Waals surface area (Å²) >= 11 is 0. The Morgan fingerprint density at radius 3 is 2.19 bits per heavy atom. The second kappa shape index (κ2) is 8.08. The van der Waals surface area contributed by atoms with E-state index in [1.165, 1.54) is 12.0 Å². The molecule has 0 spiro atoms. The van der Waals surface area contributed by atoms with Gasteiger partial charge in [-0.1, -0.05) is 66.2 Å². The van der Waals surface area contributed by atoms with Crippen molar-refractivity contribution in [2.24, 2.45) is 0 Å². The van der Waals surface area contributed by atoms with E-state index < -0.39 is 17.6 Å². The topological polar surface area (TPSA) is 55.8 Å². The number of esters is 1. The van der Waals surface area contributed by atoms with Crippen LogP contribution >= 0.6 is 0 Å². The van der Waals surface area contributed by atoms with Gasteiger partial charge in [-0.25, -0.2) is 9.59 Å². The van der Waals surface area contributed by atoms with Crippen LogP contribution in [-0.2, 0) is 27.3 Å². The van der Waals surface area contributed by atoms with Gasteiger partial charge in [-0.2, -0.15) is 0 Å². The Morgan fingerprint density at radius 1 is 1.00 bits per heavy atom. The molecule has 1 heterocycles. The number of ether oxygens (including phenoxy) is 2. The molecule has 0 N–H and O–H groups in total. The third kappa shape index (κ3) is 4.03. The average molecular weight is 365 g/mol. The van der Waals surface area contributed by atoms with E-state index in [4.69, 9.17) is 9.47 Å². The van der Waals surface area contributed by atoms with Crippen molar-refractivity contribution in [3.05, 3.63) is 83.4 Å². The van der Waals surface area contributed by atoms with E-state index in [1.807, 2.05) is 73.7 Å². The van der Waals surface area contributed by atoms with Crippen LogP contribution in [0.5, 0.6) is 0 Å². The zero-order chi connectivity index (χ0) is 19.3. The molecule has 0 aromatic heterocycles. The SMILES string of the molecule is COC(=O)[C@@]1(Cc2ccccc2)C=C(C)CN1C(=O)OCc1ccccc1. The fourth-order valence-electron chi connectivity index (χ4n) is 3.42. The van der Waals surface area contributed by atoms with Crippen molar-refractivity contribution in [3.8, 4) is 0 Å². The minimum Gasteiger partial charge on any atom is -0.467 e. The summed E-state index contributed by atoms with van der Waals surface area (Å²) in [5, 5.41) is 0. The summed E-state index contributed by atoms with van der Waals surface area (Å²) in [5.74, 6) is -0.472. The predicted molar refractivity (Wildman–Crippen MR) is 102 cm³/mol. The quantitative estimate of drug-likeness (QED) is 0.598. The van der Waals surface area contributed by atoms with Gasteiger partial charge in [-0.15, -0.1) is 0 Å². The van der Waals surface area contributed by atoms with Gasteiger partial charge in [0.15, 0.2) is 5.54 Å². The first kappa shape index (κ1) is 18.7. The van der Waals surface area contributed by atoms with Gasteiger partial charge >= 0.3 is 12.1 Å². The van der Waals surface area contributed by atoms with Crippen LogP contribution in [0.3, 0.4) is 0 Å². The molecule has 3 rings (SSSR count). The van der Waals surface area contributed by atoms with Crippen LogP contribution in [0.15, 0.2) is 72.3 Å². The largest absolute Gasteiger partial charge is 0.467 e. The van der Waals surface area contributed by atoms with Crippen LogP contribution in [-0.4, -0.2) is 36.2 Å². The molecule has 140 valence electrons. The molecular formula is C22H23NO4. The smallest absolute Gasteiger partial charge is 0.411 e. The summed E-state index contributed by atoms with van der Waals surface area (Å²) in [6, 6.07) is 19.0. The van der Waals surface area contributed by atoms with E-state index in [1.54, 1.807) is 0 Å². The van der Waals surface area contributed by atoms with Gasteiger partial charge in [-0.3, -0.25) is 4.90 Å². The van der Waals surface area contributed by atoms with Crippen LogP contribution in [0, 0.1) is 0 Å². The van der Waals surface area contributed by atoms with Gasteiger partial charge in [-0.05, 0) is 24.1 Å². The van der Waals surface area contributed by atoms with Crippen LogP contribution in [0.1, 0.15) is 18.1 Å². The molecule has 27 heavy (non-hydrogen) atoms. The van der Waals surface area contributed by atoms with E-state index >= 15 is 0 Å². The lowest BCUT2D eigenvalue weighted by molar-refractivity contribution is -0.150. The molecule has 0 fully saturated rings. The lowest BCUT2D eigenvalue weighted by Crippen LogP contribution is -2.55. The Kier molecular flexibility index (Phi) is 5.60. The minimum atomic E-state index is -1.20. The van der Waals surface area contributed by atoms with Crippen molar-refractivity contribution in [2.45, 2.75) is 25.5 Å². The van der Waals surface area contributed by atoms with Gasteiger partial charge in [0.05, 0.1) is 7.11 Å². The number of nitrogens with zero attached hydrogens (tertiary/aromatic N) is 1. The van der Waals surface area contributed by atoms with Gasteiger partial charge in [0.25, 0.3) is 0 Å². The lowest BCUT2D eigenvalue weighted by Gasteiger charge is -2.34. The molecular weight excluding hydrogens is 342 g/mol. The maximum absolute atomic E-state index is 12.9. The highest BCUT2D eigenvalue weighted by molar-refractivity contribution is 5.90. The Bertz CT molecular complexity index is 832. The zero-order valence-electron chi connectivity index (χ0n) is 15.6. The number of amides is 1. The first-order valence-electron chi connectivity index (χ1n) is 8.84. The number of hydrogen-bond acceptors (Lipinski definition) is 4. The van der Waals surface area contributed by atoms with Gasteiger partial charge in [0, 0.05) is 13.0 Å².